The van der Waals surface area contributed by atoms with Gasteiger partial charge in [0, 0.05) is 12.8 Å². The largest absolute Gasteiger partial charge is 0.299 e. The molecule has 0 fully saturated rings. The van der Waals surface area contributed by atoms with Crippen molar-refractivity contribution in [3.63, 3.8) is 0 Å². The Morgan fingerprint density at radius 3 is 2.72 bits per heavy atom. The van der Waals surface area contributed by atoms with Gasteiger partial charge in [0.25, 0.3) is 0 Å². The van der Waals surface area contributed by atoms with Gasteiger partial charge in [0.2, 0.25) is 0 Å². The summed E-state index contributed by atoms with van der Waals surface area (Å²) in [6, 6.07) is 8.01. The molecule has 18 heavy (non-hydrogen) atoms. The molecule has 1 heterocycles. The van der Waals surface area contributed by atoms with Gasteiger partial charge in [-0.05, 0) is 19.2 Å². The molecule has 0 aliphatic carbocycles. The molecule has 2 rings (SSSR count). The first kappa shape index (κ1) is 13.5. The summed E-state index contributed by atoms with van der Waals surface area (Å²) in [6.07, 6.45) is 1.26. The average Bonchev–Trinajstić information content (AvgIpc) is 2.67. The van der Waals surface area contributed by atoms with E-state index >= 15 is 0 Å². The lowest BCUT2D eigenvalue weighted by Crippen LogP contribution is -2.24. The minimum Gasteiger partial charge on any atom is -0.299 e. The van der Waals surface area contributed by atoms with Crippen LogP contribution in [0.1, 0.15) is 5.01 Å². The molecular formula is C12H16N2O2S2. The van der Waals surface area contributed by atoms with E-state index in [1.54, 1.807) is 11.3 Å². The molecule has 0 saturated heterocycles. The van der Waals surface area contributed by atoms with Gasteiger partial charge < -0.3 is 0 Å². The van der Waals surface area contributed by atoms with Crippen LogP contribution in [0.25, 0.3) is 10.2 Å². The van der Waals surface area contributed by atoms with Crippen molar-refractivity contribution in [3.05, 3.63) is 29.3 Å². The van der Waals surface area contributed by atoms with Crippen molar-refractivity contribution in [1.82, 2.24) is 9.88 Å². The van der Waals surface area contributed by atoms with Crippen molar-refractivity contribution >= 4 is 31.4 Å². The Bertz CT molecular complexity index is 601. The fraction of sp³-hybridized carbons (Fsp3) is 0.417. The van der Waals surface area contributed by atoms with E-state index in [1.165, 1.54) is 11.0 Å². The normalized spacial score (nSPS) is 12.4. The molecule has 98 valence electrons. The van der Waals surface area contributed by atoms with Crippen LogP contribution in [0.2, 0.25) is 0 Å². The lowest BCUT2D eigenvalue weighted by Gasteiger charge is -2.13. The van der Waals surface area contributed by atoms with E-state index in [4.69, 9.17) is 0 Å². The summed E-state index contributed by atoms with van der Waals surface area (Å²) in [5.74, 6) is 0.189. The number of benzene rings is 1. The first-order chi connectivity index (χ1) is 8.44. The smallest absolute Gasteiger partial charge is 0.148 e. The molecule has 0 radical (unpaired) electrons. The summed E-state index contributed by atoms with van der Waals surface area (Å²) in [5, 5.41) is 1.02. The first-order valence-electron chi connectivity index (χ1n) is 5.65. The number of hydrogen-bond acceptors (Lipinski definition) is 5. The Hall–Kier alpha value is -0.980. The van der Waals surface area contributed by atoms with E-state index in [0.29, 0.717) is 13.1 Å². The molecule has 2 aromatic rings. The van der Waals surface area contributed by atoms with E-state index in [9.17, 15) is 8.42 Å². The quantitative estimate of drug-likeness (QED) is 0.839. The monoisotopic (exact) mass is 284 g/mol. The standard InChI is InChI=1S/C12H16N2O2S2/c1-14(7-8-18(2,15)16)9-12-13-10-5-3-4-6-11(10)17-12/h3-6H,7-9H2,1-2H3. The van der Waals surface area contributed by atoms with E-state index in [1.807, 2.05) is 36.2 Å². The minimum atomic E-state index is -2.89. The fourth-order valence-electron chi connectivity index (χ4n) is 1.62. The number of aromatic nitrogens is 1. The van der Waals surface area contributed by atoms with Crippen LogP contribution in [0, 0.1) is 0 Å². The second kappa shape index (κ2) is 5.34. The topological polar surface area (TPSA) is 50.3 Å². The van der Waals surface area contributed by atoms with Crippen LogP contribution in [-0.4, -0.2) is 43.9 Å². The van der Waals surface area contributed by atoms with Crippen molar-refractivity contribution in [1.29, 1.82) is 0 Å². The maximum absolute atomic E-state index is 11.1. The number of sulfone groups is 1. The van der Waals surface area contributed by atoms with Gasteiger partial charge in [-0.1, -0.05) is 12.1 Å². The van der Waals surface area contributed by atoms with Crippen molar-refractivity contribution in [3.8, 4) is 0 Å². The zero-order valence-corrected chi connectivity index (χ0v) is 12.1. The van der Waals surface area contributed by atoms with E-state index in [2.05, 4.69) is 4.98 Å². The summed E-state index contributed by atoms with van der Waals surface area (Å²) >= 11 is 1.66. The van der Waals surface area contributed by atoms with Crippen molar-refractivity contribution in [2.75, 3.05) is 25.6 Å². The molecule has 1 aromatic heterocycles. The Morgan fingerprint density at radius 2 is 2.06 bits per heavy atom. The molecule has 0 aliphatic heterocycles. The first-order valence-corrected chi connectivity index (χ1v) is 8.52. The molecule has 1 aromatic carbocycles. The Balaban J connectivity index is 2.00. The molecule has 0 saturated carbocycles. The molecule has 0 bridgehead atoms. The number of fused-ring (bicyclic) bond motifs is 1. The number of para-hydroxylation sites is 1. The van der Waals surface area contributed by atoms with Crippen LogP contribution in [0.15, 0.2) is 24.3 Å². The summed E-state index contributed by atoms with van der Waals surface area (Å²) in [5.41, 5.74) is 1.01. The summed E-state index contributed by atoms with van der Waals surface area (Å²) in [4.78, 5) is 6.51. The zero-order valence-electron chi connectivity index (χ0n) is 10.5. The maximum Gasteiger partial charge on any atom is 0.148 e. The highest BCUT2D eigenvalue weighted by Gasteiger charge is 2.09. The number of rotatable bonds is 5. The van der Waals surface area contributed by atoms with Crippen molar-refractivity contribution in [2.45, 2.75) is 6.54 Å². The van der Waals surface area contributed by atoms with Crippen LogP contribution in [0.4, 0.5) is 0 Å². The summed E-state index contributed by atoms with van der Waals surface area (Å²) in [6.45, 7) is 1.23. The van der Waals surface area contributed by atoms with E-state index in [-0.39, 0.29) is 5.75 Å². The van der Waals surface area contributed by atoms with Gasteiger partial charge in [-0.2, -0.15) is 0 Å². The third-order valence-corrected chi connectivity index (χ3v) is 4.53. The second-order valence-electron chi connectivity index (χ2n) is 4.44. The maximum atomic E-state index is 11.1. The SMILES string of the molecule is CN(CCS(C)(=O)=O)Cc1nc2ccccc2s1. The summed E-state index contributed by atoms with van der Waals surface area (Å²) < 4.78 is 23.3. The van der Waals surface area contributed by atoms with Gasteiger partial charge >= 0.3 is 0 Å². The molecule has 0 spiro atoms. The fourth-order valence-corrected chi connectivity index (χ4v) is 3.31. The molecular weight excluding hydrogens is 268 g/mol. The van der Waals surface area contributed by atoms with Crippen molar-refractivity contribution in [2.24, 2.45) is 0 Å². The van der Waals surface area contributed by atoms with Crippen LogP contribution in [0.3, 0.4) is 0 Å². The highest BCUT2D eigenvalue weighted by atomic mass is 32.2. The highest BCUT2D eigenvalue weighted by molar-refractivity contribution is 7.90. The number of nitrogens with zero attached hydrogens (tertiary/aromatic N) is 2. The lowest BCUT2D eigenvalue weighted by molar-refractivity contribution is 0.346. The number of hydrogen-bond donors (Lipinski definition) is 0. The van der Waals surface area contributed by atoms with E-state index < -0.39 is 9.84 Å². The van der Waals surface area contributed by atoms with Gasteiger partial charge in [0.05, 0.1) is 22.5 Å². The molecule has 6 heteroatoms. The molecule has 0 N–H and O–H groups in total. The zero-order chi connectivity index (χ0) is 13.2. The third kappa shape index (κ3) is 3.76. The van der Waals surface area contributed by atoms with Crippen molar-refractivity contribution < 1.29 is 8.42 Å². The van der Waals surface area contributed by atoms with Gasteiger partial charge in [-0.15, -0.1) is 11.3 Å². The van der Waals surface area contributed by atoms with Gasteiger partial charge in [-0.3, -0.25) is 4.90 Å². The predicted octanol–water partition coefficient (Wildman–Crippen LogP) is 1.77. The lowest BCUT2D eigenvalue weighted by atomic mass is 10.3. The number of thiazole rings is 1. The average molecular weight is 284 g/mol. The molecule has 0 atom stereocenters. The van der Waals surface area contributed by atoms with E-state index in [0.717, 1.165) is 10.5 Å². The summed E-state index contributed by atoms with van der Waals surface area (Å²) in [7, 11) is -0.981. The Kier molecular flexibility index (Phi) is 3.99. The van der Waals surface area contributed by atoms with Crippen LogP contribution in [0.5, 0.6) is 0 Å². The van der Waals surface area contributed by atoms with Gasteiger partial charge in [0.15, 0.2) is 0 Å². The molecule has 0 amide bonds. The minimum absolute atomic E-state index is 0.189. The third-order valence-electron chi connectivity index (χ3n) is 2.59. The van der Waals surface area contributed by atoms with Crippen LogP contribution >= 0.6 is 11.3 Å². The molecule has 0 unspecified atom stereocenters. The molecule has 0 aliphatic rings. The van der Waals surface area contributed by atoms with Crippen LogP contribution < -0.4 is 0 Å². The van der Waals surface area contributed by atoms with Crippen LogP contribution in [-0.2, 0) is 16.4 Å². The highest BCUT2D eigenvalue weighted by Crippen LogP contribution is 2.22. The van der Waals surface area contributed by atoms with Gasteiger partial charge in [-0.25, -0.2) is 13.4 Å². The van der Waals surface area contributed by atoms with Gasteiger partial charge in [0.1, 0.15) is 14.8 Å². The Labute approximate surface area is 111 Å². The second-order valence-corrected chi connectivity index (χ2v) is 7.82. The molecule has 4 nitrogen and oxygen atoms in total. The predicted molar refractivity (Wildman–Crippen MR) is 75.7 cm³/mol. The Morgan fingerprint density at radius 1 is 1.33 bits per heavy atom.